The Morgan fingerprint density at radius 2 is 1.81 bits per heavy atom. The minimum atomic E-state index is -0.0695. The number of carbonyl (C=O) groups is 2. The Labute approximate surface area is 184 Å². The number of urea groups is 1. The van der Waals surface area contributed by atoms with Crippen molar-refractivity contribution >= 4 is 28.5 Å². The molecule has 0 radical (unpaired) electrons. The van der Waals surface area contributed by atoms with Gasteiger partial charge in [-0.25, -0.2) is 4.79 Å². The molecule has 8 nitrogen and oxygen atoms in total. The molecule has 170 valence electrons. The highest BCUT2D eigenvalue weighted by Gasteiger charge is 2.21. The van der Waals surface area contributed by atoms with Gasteiger partial charge in [-0.1, -0.05) is 0 Å². The first-order valence-electron chi connectivity index (χ1n) is 11.3. The van der Waals surface area contributed by atoms with E-state index in [2.05, 4.69) is 10.2 Å². The van der Waals surface area contributed by atoms with E-state index in [1.807, 2.05) is 65.6 Å². The molecule has 0 spiro atoms. The molecule has 1 aliphatic rings. The van der Waals surface area contributed by atoms with Gasteiger partial charge in [0, 0.05) is 75.2 Å². The molecular weight excluding hydrogens is 394 g/mol. The van der Waals surface area contributed by atoms with Crippen molar-refractivity contribution < 1.29 is 14.3 Å². The summed E-state index contributed by atoms with van der Waals surface area (Å²) in [7, 11) is 0. The van der Waals surface area contributed by atoms with Gasteiger partial charge >= 0.3 is 6.03 Å². The van der Waals surface area contributed by atoms with Crippen LogP contribution in [0.4, 0.5) is 10.5 Å². The molecule has 1 aromatic heterocycles. The Kier molecular flexibility index (Phi) is 8.31. The number of aromatic nitrogens is 1. The van der Waals surface area contributed by atoms with Gasteiger partial charge < -0.3 is 24.4 Å². The molecule has 0 unspecified atom stereocenters. The molecule has 1 N–H and O–H groups in total. The van der Waals surface area contributed by atoms with Gasteiger partial charge in [-0.15, -0.1) is 0 Å². The predicted octanol–water partition coefficient (Wildman–Crippen LogP) is 2.70. The summed E-state index contributed by atoms with van der Waals surface area (Å²) in [6, 6.07) is 7.74. The number of ether oxygens (including phenoxy) is 1. The maximum absolute atomic E-state index is 12.7. The number of piperazine rings is 1. The fraction of sp³-hybridized carbons (Fsp3) is 0.565. The quantitative estimate of drug-likeness (QED) is 0.623. The van der Waals surface area contributed by atoms with Crippen LogP contribution in [0.3, 0.4) is 0 Å². The van der Waals surface area contributed by atoms with E-state index in [1.54, 1.807) is 0 Å². The van der Waals surface area contributed by atoms with Crippen molar-refractivity contribution in [3.05, 3.63) is 30.5 Å². The number of carbonyl (C=O) groups excluding carboxylic acids is 2. The number of amides is 3. The standard InChI is InChI=1S/C23H35N5O3/c1-4-26(5-2)22(29)18-28-10-9-19-17-20(7-8-21(19)28)24-23(30)27-13-11-25(12-14-27)15-16-31-6-3/h7-10,17H,4-6,11-16,18H2,1-3H3,(H,24,30). The summed E-state index contributed by atoms with van der Waals surface area (Å²) in [5, 5.41) is 4.02. The molecule has 0 aliphatic carbocycles. The zero-order valence-corrected chi connectivity index (χ0v) is 19.0. The zero-order valence-electron chi connectivity index (χ0n) is 19.0. The molecule has 3 rings (SSSR count). The van der Waals surface area contributed by atoms with Crippen molar-refractivity contribution in [2.24, 2.45) is 0 Å². The molecule has 1 aliphatic heterocycles. The number of anilines is 1. The molecule has 0 bridgehead atoms. The Morgan fingerprint density at radius 1 is 1.06 bits per heavy atom. The van der Waals surface area contributed by atoms with Crippen LogP contribution in [0.2, 0.25) is 0 Å². The molecule has 1 saturated heterocycles. The van der Waals surface area contributed by atoms with Crippen LogP contribution < -0.4 is 5.32 Å². The van der Waals surface area contributed by atoms with Gasteiger partial charge in [-0.3, -0.25) is 9.69 Å². The SMILES string of the molecule is CCOCCN1CCN(C(=O)Nc2ccc3c(ccn3CC(=O)N(CC)CC)c2)CC1. The predicted molar refractivity (Wildman–Crippen MR) is 123 cm³/mol. The zero-order chi connectivity index (χ0) is 22.2. The second-order valence-electron chi connectivity index (χ2n) is 7.74. The van der Waals surface area contributed by atoms with E-state index >= 15 is 0 Å². The summed E-state index contributed by atoms with van der Waals surface area (Å²) < 4.78 is 7.37. The number of hydrogen-bond acceptors (Lipinski definition) is 4. The van der Waals surface area contributed by atoms with Crippen LogP contribution in [0, 0.1) is 0 Å². The molecule has 2 aromatic rings. The summed E-state index contributed by atoms with van der Waals surface area (Å²) in [5.74, 6) is 0.111. The molecule has 3 amide bonds. The lowest BCUT2D eigenvalue weighted by Crippen LogP contribution is -2.50. The second-order valence-corrected chi connectivity index (χ2v) is 7.74. The normalized spacial score (nSPS) is 14.7. The summed E-state index contributed by atoms with van der Waals surface area (Å²) in [4.78, 5) is 31.1. The van der Waals surface area contributed by atoms with Crippen molar-refractivity contribution in [3.8, 4) is 0 Å². The van der Waals surface area contributed by atoms with E-state index in [0.717, 1.165) is 49.4 Å². The van der Waals surface area contributed by atoms with Gasteiger partial charge in [0.25, 0.3) is 0 Å². The van der Waals surface area contributed by atoms with Crippen LogP contribution >= 0.6 is 0 Å². The van der Waals surface area contributed by atoms with E-state index in [4.69, 9.17) is 4.74 Å². The summed E-state index contributed by atoms with van der Waals surface area (Å²) in [6.45, 7) is 13.3. The Morgan fingerprint density at radius 3 is 2.48 bits per heavy atom. The van der Waals surface area contributed by atoms with Gasteiger partial charge in [-0.2, -0.15) is 0 Å². The van der Waals surface area contributed by atoms with Crippen LogP contribution in [0.1, 0.15) is 20.8 Å². The lowest BCUT2D eigenvalue weighted by Gasteiger charge is -2.34. The van der Waals surface area contributed by atoms with Crippen LogP contribution in [-0.4, -0.2) is 90.2 Å². The molecule has 2 heterocycles. The van der Waals surface area contributed by atoms with Crippen molar-refractivity contribution in [1.82, 2.24) is 19.3 Å². The van der Waals surface area contributed by atoms with Crippen LogP contribution in [0.25, 0.3) is 10.9 Å². The minimum absolute atomic E-state index is 0.0695. The van der Waals surface area contributed by atoms with Gasteiger partial charge in [0.15, 0.2) is 0 Å². The Bertz CT molecular complexity index is 869. The van der Waals surface area contributed by atoms with Crippen molar-refractivity contribution in [3.63, 3.8) is 0 Å². The van der Waals surface area contributed by atoms with Crippen LogP contribution in [-0.2, 0) is 16.1 Å². The third-order valence-corrected chi connectivity index (χ3v) is 5.86. The smallest absolute Gasteiger partial charge is 0.321 e. The first-order chi connectivity index (χ1) is 15.0. The van der Waals surface area contributed by atoms with Gasteiger partial charge in [0.1, 0.15) is 6.54 Å². The fourth-order valence-corrected chi connectivity index (χ4v) is 3.95. The number of hydrogen-bond donors (Lipinski definition) is 1. The highest BCUT2D eigenvalue weighted by Crippen LogP contribution is 2.21. The topological polar surface area (TPSA) is 70.0 Å². The summed E-state index contributed by atoms with van der Waals surface area (Å²) >= 11 is 0. The van der Waals surface area contributed by atoms with Gasteiger partial charge in [0.05, 0.1) is 6.61 Å². The second kappa shape index (κ2) is 11.2. The Balaban J connectivity index is 1.55. The minimum Gasteiger partial charge on any atom is -0.380 e. The van der Waals surface area contributed by atoms with Gasteiger partial charge in [-0.05, 0) is 45.0 Å². The number of nitrogens with zero attached hydrogens (tertiary/aromatic N) is 4. The maximum Gasteiger partial charge on any atom is 0.321 e. The maximum atomic E-state index is 12.7. The summed E-state index contributed by atoms with van der Waals surface area (Å²) in [6.07, 6.45) is 1.93. The monoisotopic (exact) mass is 429 g/mol. The number of benzene rings is 1. The molecule has 1 fully saturated rings. The molecule has 1 aromatic carbocycles. The van der Waals surface area contributed by atoms with E-state index in [9.17, 15) is 9.59 Å². The average Bonchev–Trinajstić information content (AvgIpc) is 3.17. The molecule has 8 heteroatoms. The molecule has 0 saturated carbocycles. The largest absolute Gasteiger partial charge is 0.380 e. The number of rotatable bonds is 9. The molecule has 0 atom stereocenters. The first-order valence-corrected chi connectivity index (χ1v) is 11.3. The Hall–Kier alpha value is -2.58. The van der Waals surface area contributed by atoms with Gasteiger partial charge in [0.2, 0.25) is 5.91 Å². The molecule has 31 heavy (non-hydrogen) atoms. The lowest BCUT2D eigenvalue weighted by atomic mass is 10.2. The van der Waals surface area contributed by atoms with Crippen molar-refractivity contribution in [2.75, 3.05) is 64.3 Å². The average molecular weight is 430 g/mol. The number of likely N-dealkylation sites (N-methyl/N-ethyl adjacent to an activating group) is 1. The van der Waals surface area contributed by atoms with Crippen LogP contribution in [0.5, 0.6) is 0 Å². The number of fused-ring (bicyclic) bond motifs is 1. The molecular formula is C23H35N5O3. The van der Waals surface area contributed by atoms with E-state index < -0.39 is 0 Å². The van der Waals surface area contributed by atoms with Crippen LogP contribution in [0.15, 0.2) is 30.5 Å². The van der Waals surface area contributed by atoms with Crippen molar-refractivity contribution in [2.45, 2.75) is 27.3 Å². The van der Waals surface area contributed by atoms with E-state index in [1.165, 1.54) is 0 Å². The number of nitrogens with one attached hydrogen (secondary N) is 1. The van der Waals surface area contributed by atoms with Crippen molar-refractivity contribution in [1.29, 1.82) is 0 Å². The third kappa shape index (κ3) is 5.98. The fourth-order valence-electron chi connectivity index (χ4n) is 3.95. The third-order valence-electron chi connectivity index (χ3n) is 5.86. The summed E-state index contributed by atoms with van der Waals surface area (Å²) in [5.41, 5.74) is 1.76. The highest BCUT2D eigenvalue weighted by molar-refractivity contribution is 5.93. The van der Waals surface area contributed by atoms with E-state index in [0.29, 0.717) is 32.7 Å². The first kappa shape index (κ1) is 23.1. The highest BCUT2D eigenvalue weighted by atomic mass is 16.5. The van der Waals surface area contributed by atoms with E-state index in [-0.39, 0.29) is 11.9 Å². The lowest BCUT2D eigenvalue weighted by molar-refractivity contribution is -0.131.